The monoisotopic (exact) mass is 402 g/mol. The van der Waals surface area contributed by atoms with Crippen LogP contribution in [0.1, 0.15) is 24.8 Å². The molecule has 9 heteroatoms. The molecule has 0 saturated heterocycles. The average Bonchev–Trinajstić information content (AvgIpc) is 2.64. The lowest BCUT2D eigenvalue weighted by molar-refractivity contribution is -0.133. The van der Waals surface area contributed by atoms with E-state index < -0.39 is 12.1 Å². The van der Waals surface area contributed by atoms with Gasteiger partial charge in [0.1, 0.15) is 5.75 Å². The number of hydrogen-bond donors (Lipinski definition) is 3. The number of nitrogens with one attached hydrogen (secondary N) is 1. The first-order valence-corrected chi connectivity index (χ1v) is 8.67. The molecule has 0 spiro atoms. The molecule has 1 atom stereocenters. The highest BCUT2D eigenvalue weighted by Crippen LogP contribution is 2.14. The topological polar surface area (TPSA) is 120 Å². The lowest BCUT2D eigenvalue weighted by atomic mass is 10.1. The van der Waals surface area contributed by atoms with E-state index in [4.69, 9.17) is 20.9 Å². The van der Waals surface area contributed by atoms with Crippen LogP contribution in [-0.4, -0.2) is 56.8 Å². The van der Waals surface area contributed by atoms with Crippen molar-refractivity contribution in [3.63, 3.8) is 0 Å². The maximum atomic E-state index is 12.7. The fourth-order valence-electron chi connectivity index (χ4n) is 2.51. The van der Waals surface area contributed by atoms with Gasteiger partial charge in [-0.1, -0.05) is 12.1 Å². The van der Waals surface area contributed by atoms with Crippen molar-refractivity contribution in [2.24, 2.45) is 11.5 Å². The number of rotatable bonds is 12. The van der Waals surface area contributed by atoms with Crippen molar-refractivity contribution in [3.05, 3.63) is 29.8 Å². The number of carbonyl (C=O) groups is 2. The van der Waals surface area contributed by atoms with Crippen molar-refractivity contribution < 1.29 is 19.1 Å². The summed E-state index contributed by atoms with van der Waals surface area (Å²) in [5.74, 6) is 0.653. The van der Waals surface area contributed by atoms with Crippen LogP contribution in [0, 0.1) is 0 Å². The molecule has 1 rings (SSSR count). The van der Waals surface area contributed by atoms with Crippen LogP contribution in [0.15, 0.2) is 24.3 Å². The summed E-state index contributed by atoms with van der Waals surface area (Å²) in [6.45, 7) is 2.01. The molecule has 0 aliphatic carbocycles. The third kappa shape index (κ3) is 10.0. The molecular formula is C18H31ClN4O4. The predicted molar refractivity (Wildman–Crippen MR) is 107 cm³/mol. The minimum absolute atomic E-state index is 0. The Hall–Kier alpha value is -2.03. The Labute approximate surface area is 167 Å². The number of nitrogens with two attached hydrogens (primary N) is 2. The molecule has 0 unspecified atom stereocenters. The summed E-state index contributed by atoms with van der Waals surface area (Å²) in [4.78, 5) is 25.1. The first-order chi connectivity index (χ1) is 12.5. The molecule has 0 aliphatic rings. The van der Waals surface area contributed by atoms with E-state index in [1.807, 2.05) is 24.3 Å². The van der Waals surface area contributed by atoms with Crippen LogP contribution in [0.3, 0.4) is 0 Å². The largest absolute Gasteiger partial charge is 0.497 e. The summed E-state index contributed by atoms with van der Waals surface area (Å²) < 4.78 is 10.2. The molecule has 0 heterocycles. The highest BCUT2D eigenvalue weighted by molar-refractivity contribution is 5.85. The minimum atomic E-state index is -0.620. The molecule has 27 heavy (non-hydrogen) atoms. The van der Waals surface area contributed by atoms with Crippen LogP contribution >= 0.6 is 12.4 Å². The van der Waals surface area contributed by atoms with Gasteiger partial charge in [-0.15, -0.1) is 12.4 Å². The van der Waals surface area contributed by atoms with Crippen LogP contribution < -0.4 is 21.5 Å². The maximum absolute atomic E-state index is 12.7. The molecule has 0 aliphatic heterocycles. The van der Waals surface area contributed by atoms with Gasteiger partial charge in [-0.25, -0.2) is 4.79 Å². The van der Waals surface area contributed by atoms with Crippen molar-refractivity contribution in [3.8, 4) is 5.75 Å². The van der Waals surface area contributed by atoms with Crippen molar-refractivity contribution >= 4 is 24.3 Å². The fraction of sp³-hybridized carbons (Fsp3) is 0.556. The number of methoxy groups -OCH3 is 2. The normalized spacial score (nSPS) is 11.2. The third-order valence-corrected chi connectivity index (χ3v) is 3.93. The number of ether oxygens (including phenoxy) is 2. The number of halogens is 1. The molecule has 1 aromatic rings. The van der Waals surface area contributed by atoms with E-state index >= 15 is 0 Å². The van der Waals surface area contributed by atoms with Crippen molar-refractivity contribution in [2.75, 3.05) is 33.9 Å². The highest BCUT2D eigenvalue weighted by Gasteiger charge is 2.20. The van der Waals surface area contributed by atoms with Gasteiger partial charge in [0.2, 0.25) is 5.91 Å². The second kappa shape index (κ2) is 14.1. The summed E-state index contributed by atoms with van der Waals surface area (Å²) in [7, 11) is 3.24. The summed E-state index contributed by atoms with van der Waals surface area (Å²) in [5, 5.41) is 2.49. The van der Waals surface area contributed by atoms with E-state index in [-0.39, 0.29) is 18.3 Å². The van der Waals surface area contributed by atoms with Crippen molar-refractivity contribution in [2.45, 2.75) is 31.8 Å². The van der Waals surface area contributed by atoms with Crippen molar-refractivity contribution in [1.82, 2.24) is 10.2 Å². The number of amides is 3. The van der Waals surface area contributed by atoms with Gasteiger partial charge < -0.3 is 31.2 Å². The van der Waals surface area contributed by atoms with E-state index in [1.165, 1.54) is 0 Å². The number of carbonyl (C=O) groups excluding carboxylic acids is 2. The van der Waals surface area contributed by atoms with E-state index in [1.54, 1.807) is 19.1 Å². The van der Waals surface area contributed by atoms with E-state index in [0.717, 1.165) is 17.7 Å². The van der Waals surface area contributed by atoms with Gasteiger partial charge >= 0.3 is 6.03 Å². The number of benzene rings is 1. The van der Waals surface area contributed by atoms with Gasteiger partial charge in [0, 0.05) is 33.4 Å². The molecule has 0 saturated carbocycles. The Balaban J connectivity index is 0.00000676. The second-order valence-electron chi connectivity index (χ2n) is 5.99. The highest BCUT2D eigenvalue weighted by atomic mass is 35.5. The Kier molecular flexibility index (Phi) is 13.0. The third-order valence-electron chi connectivity index (χ3n) is 3.93. The number of hydrogen-bond acceptors (Lipinski definition) is 5. The molecule has 0 aromatic heterocycles. The Morgan fingerprint density at radius 3 is 2.41 bits per heavy atom. The summed E-state index contributed by atoms with van der Waals surface area (Å²) in [6, 6.07) is 6.39. The van der Waals surface area contributed by atoms with E-state index in [2.05, 4.69) is 5.32 Å². The standard InChI is InChI=1S/C18H30N4O4.ClH/c1-25-12-4-11-22(13-14-6-8-15(26-2)9-7-14)17(23)16(19)5-3-10-21-18(20)24;/h6-9,16H,3-5,10-13,19H2,1-2H3,(H3,20,21,24);1H/t16-;/m0./s1. The zero-order valence-corrected chi connectivity index (χ0v) is 16.8. The Morgan fingerprint density at radius 1 is 1.19 bits per heavy atom. The molecule has 0 radical (unpaired) electrons. The molecule has 0 fully saturated rings. The average molecular weight is 403 g/mol. The van der Waals surface area contributed by atoms with Crippen molar-refractivity contribution in [1.29, 1.82) is 0 Å². The number of nitrogens with zero attached hydrogens (tertiary/aromatic N) is 1. The molecule has 0 bridgehead atoms. The van der Waals surface area contributed by atoms with E-state index in [9.17, 15) is 9.59 Å². The molecule has 8 nitrogen and oxygen atoms in total. The summed E-state index contributed by atoms with van der Waals surface area (Å²) in [6.07, 6.45) is 1.79. The zero-order chi connectivity index (χ0) is 19.4. The molecule has 3 amide bonds. The SMILES string of the molecule is COCCCN(Cc1ccc(OC)cc1)C(=O)[C@@H](N)CCCNC(N)=O.Cl. The Bertz CT molecular complexity index is 557. The number of primary amides is 1. The lowest BCUT2D eigenvalue weighted by Crippen LogP contribution is -2.44. The zero-order valence-electron chi connectivity index (χ0n) is 16.0. The fourth-order valence-corrected chi connectivity index (χ4v) is 2.51. The quantitative estimate of drug-likeness (QED) is 0.454. The van der Waals surface area contributed by atoms with Crippen LogP contribution in [0.4, 0.5) is 4.79 Å². The van der Waals surface area contributed by atoms with Gasteiger partial charge in [-0.05, 0) is 37.0 Å². The molecular weight excluding hydrogens is 372 g/mol. The number of urea groups is 1. The van der Waals surface area contributed by atoms with E-state index in [0.29, 0.717) is 39.1 Å². The molecule has 154 valence electrons. The second-order valence-corrected chi connectivity index (χ2v) is 5.99. The predicted octanol–water partition coefficient (Wildman–Crippen LogP) is 1.26. The van der Waals surface area contributed by atoms with Crippen LogP contribution in [0.5, 0.6) is 5.75 Å². The van der Waals surface area contributed by atoms with Crippen LogP contribution in [-0.2, 0) is 16.1 Å². The van der Waals surface area contributed by atoms with Gasteiger partial charge in [-0.3, -0.25) is 4.79 Å². The van der Waals surface area contributed by atoms with Gasteiger partial charge in [0.15, 0.2) is 0 Å². The first kappa shape index (κ1) is 25.0. The van der Waals surface area contributed by atoms with Gasteiger partial charge in [0.25, 0.3) is 0 Å². The van der Waals surface area contributed by atoms with Gasteiger partial charge in [0.05, 0.1) is 13.2 Å². The summed E-state index contributed by atoms with van der Waals surface area (Å²) in [5.41, 5.74) is 12.1. The smallest absolute Gasteiger partial charge is 0.312 e. The lowest BCUT2D eigenvalue weighted by Gasteiger charge is -2.26. The van der Waals surface area contributed by atoms with Crippen LogP contribution in [0.2, 0.25) is 0 Å². The van der Waals surface area contributed by atoms with Gasteiger partial charge in [-0.2, -0.15) is 0 Å². The maximum Gasteiger partial charge on any atom is 0.312 e. The minimum Gasteiger partial charge on any atom is -0.497 e. The first-order valence-electron chi connectivity index (χ1n) is 8.67. The van der Waals surface area contributed by atoms with Crippen LogP contribution in [0.25, 0.3) is 0 Å². The Morgan fingerprint density at radius 2 is 1.85 bits per heavy atom. The molecule has 5 N–H and O–H groups in total. The molecule has 1 aromatic carbocycles. The summed E-state index contributed by atoms with van der Waals surface area (Å²) >= 11 is 0.